The minimum absolute atomic E-state index is 0.127. The second-order valence-corrected chi connectivity index (χ2v) is 9.55. The molecule has 1 heterocycles. The molecular formula is C25H33N3O5. The van der Waals surface area contributed by atoms with Crippen molar-refractivity contribution in [3.63, 3.8) is 0 Å². The number of nitrogens with one attached hydrogen (secondary N) is 1. The van der Waals surface area contributed by atoms with Crippen molar-refractivity contribution in [2.75, 3.05) is 0 Å². The number of hydrogen-bond donors (Lipinski definition) is 2. The molecule has 0 radical (unpaired) electrons. The Labute approximate surface area is 194 Å². The van der Waals surface area contributed by atoms with E-state index in [9.17, 15) is 19.5 Å². The summed E-state index contributed by atoms with van der Waals surface area (Å²) in [7, 11) is 0. The molecule has 2 amide bonds. The minimum atomic E-state index is -0.961. The Kier molecular flexibility index (Phi) is 7.79. The molecular weight excluding hydrogens is 422 g/mol. The molecule has 1 aliphatic carbocycles. The molecule has 8 heteroatoms. The monoisotopic (exact) mass is 455 g/mol. The van der Waals surface area contributed by atoms with Gasteiger partial charge < -0.3 is 24.6 Å². The highest BCUT2D eigenvalue weighted by Gasteiger charge is 2.40. The van der Waals surface area contributed by atoms with Crippen LogP contribution in [0.25, 0.3) is 0 Å². The average molecular weight is 456 g/mol. The maximum atomic E-state index is 12.5. The Morgan fingerprint density at radius 3 is 2.45 bits per heavy atom. The summed E-state index contributed by atoms with van der Waals surface area (Å²) in [6, 6.07) is 14.0. The van der Waals surface area contributed by atoms with E-state index in [4.69, 9.17) is 4.74 Å². The lowest BCUT2D eigenvalue weighted by Crippen LogP contribution is -2.56. The van der Waals surface area contributed by atoms with E-state index in [1.165, 1.54) is 11.0 Å². The molecule has 1 fully saturated rings. The number of amides is 2. The zero-order chi connectivity index (χ0) is 24.0. The van der Waals surface area contributed by atoms with Gasteiger partial charge >= 0.3 is 12.2 Å². The van der Waals surface area contributed by atoms with Gasteiger partial charge in [0.25, 0.3) is 5.56 Å². The third kappa shape index (κ3) is 6.60. The van der Waals surface area contributed by atoms with Gasteiger partial charge in [0.2, 0.25) is 0 Å². The van der Waals surface area contributed by atoms with Crippen molar-refractivity contribution < 1.29 is 19.4 Å². The fourth-order valence-electron chi connectivity index (χ4n) is 4.64. The Bertz CT molecular complexity index is 999. The van der Waals surface area contributed by atoms with Crippen LogP contribution in [0.1, 0.15) is 45.6 Å². The maximum Gasteiger partial charge on any atom is 0.407 e. The number of ether oxygens (including phenoxy) is 1. The standard InChI is InChI=1S/C25H33N3O5/c1-25(2,3)28(24(31)32)20-12-13-21(19(15-20)16-27-14-8-7-11-22(27)29)26-23(30)33-17-18-9-5-4-6-10-18/h4-11,14,19-21H,12-13,15-17H2,1-3H3,(H,26,30)(H,31,32). The number of carbonyl (C=O) groups is 2. The van der Waals surface area contributed by atoms with Gasteiger partial charge in [0.15, 0.2) is 0 Å². The summed E-state index contributed by atoms with van der Waals surface area (Å²) in [4.78, 5) is 38.4. The van der Waals surface area contributed by atoms with Gasteiger partial charge in [-0.2, -0.15) is 0 Å². The fraction of sp³-hybridized carbons (Fsp3) is 0.480. The highest BCUT2D eigenvalue weighted by molar-refractivity contribution is 5.68. The average Bonchev–Trinajstić information content (AvgIpc) is 2.75. The molecule has 0 aliphatic heterocycles. The number of alkyl carbamates (subject to hydrolysis) is 1. The molecule has 3 atom stereocenters. The second kappa shape index (κ2) is 10.6. The molecule has 1 saturated carbocycles. The topological polar surface area (TPSA) is 101 Å². The van der Waals surface area contributed by atoms with Crippen LogP contribution in [0, 0.1) is 5.92 Å². The number of benzene rings is 1. The molecule has 0 spiro atoms. The SMILES string of the molecule is CC(C)(C)N(C(=O)O)C1CCC(NC(=O)OCc2ccccc2)C(Cn2ccccc2=O)C1. The van der Waals surface area contributed by atoms with Crippen molar-refractivity contribution in [1.29, 1.82) is 0 Å². The zero-order valence-corrected chi connectivity index (χ0v) is 19.4. The van der Waals surface area contributed by atoms with Crippen molar-refractivity contribution in [3.8, 4) is 0 Å². The smallest absolute Gasteiger partial charge is 0.407 e. The molecule has 8 nitrogen and oxygen atoms in total. The summed E-state index contributed by atoms with van der Waals surface area (Å²) in [6.07, 6.45) is 1.99. The molecule has 2 aromatic rings. The molecule has 178 valence electrons. The van der Waals surface area contributed by atoms with E-state index in [-0.39, 0.29) is 30.2 Å². The molecule has 3 rings (SSSR count). The van der Waals surface area contributed by atoms with E-state index < -0.39 is 17.7 Å². The quantitative estimate of drug-likeness (QED) is 0.683. The Balaban J connectivity index is 1.74. The number of rotatable bonds is 6. The lowest BCUT2D eigenvalue weighted by atomic mass is 9.79. The lowest BCUT2D eigenvalue weighted by molar-refractivity contribution is 0.0363. The van der Waals surface area contributed by atoms with Crippen molar-refractivity contribution >= 4 is 12.2 Å². The highest BCUT2D eigenvalue weighted by Crippen LogP contribution is 2.33. The van der Waals surface area contributed by atoms with Crippen LogP contribution >= 0.6 is 0 Å². The summed E-state index contributed by atoms with van der Waals surface area (Å²) in [5.41, 5.74) is 0.210. The maximum absolute atomic E-state index is 12.5. The van der Waals surface area contributed by atoms with Crippen LogP contribution in [0.4, 0.5) is 9.59 Å². The summed E-state index contributed by atoms with van der Waals surface area (Å²) in [6.45, 7) is 6.19. The van der Waals surface area contributed by atoms with E-state index in [1.807, 2.05) is 51.1 Å². The summed E-state index contributed by atoms with van der Waals surface area (Å²) >= 11 is 0. The normalized spacial score (nSPS) is 20.6. The van der Waals surface area contributed by atoms with E-state index in [1.54, 1.807) is 22.9 Å². The molecule has 1 aromatic heterocycles. The third-order valence-electron chi connectivity index (χ3n) is 6.09. The molecule has 33 heavy (non-hydrogen) atoms. The predicted molar refractivity (Wildman–Crippen MR) is 125 cm³/mol. The molecule has 0 saturated heterocycles. The fourth-order valence-corrected chi connectivity index (χ4v) is 4.64. The number of carbonyl (C=O) groups excluding carboxylic acids is 1. The summed E-state index contributed by atoms with van der Waals surface area (Å²) < 4.78 is 7.01. The van der Waals surface area contributed by atoms with Crippen LogP contribution in [0.3, 0.4) is 0 Å². The van der Waals surface area contributed by atoms with Crippen LogP contribution in [-0.4, -0.2) is 44.4 Å². The number of pyridine rings is 1. The Morgan fingerprint density at radius 1 is 1.12 bits per heavy atom. The summed E-state index contributed by atoms with van der Waals surface area (Å²) in [5, 5.41) is 12.8. The van der Waals surface area contributed by atoms with Gasteiger partial charge in [0, 0.05) is 36.4 Å². The Morgan fingerprint density at radius 2 is 1.82 bits per heavy atom. The van der Waals surface area contributed by atoms with Crippen LogP contribution in [0.5, 0.6) is 0 Å². The lowest BCUT2D eigenvalue weighted by Gasteiger charge is -2.45. The van der Waals surface area contributed by atoms with Gasteiger partial charge in [-0.15, -0.1) is 0 Å². The van der Waals surface area contributed by atoms with E-state index >= 15 is 0 Å². The molecule has 1 aromatic carbocycles. The first-order valence-electron chi connectivity index (χ1n) is 11.3. The molecule has 0 bridgehead atoms. The highest BCUT2D eigenvalue weighted by atomic mass is 16.5. The van der Waals surface area contributed by atoms with Crippen LogP contribution < -0.4 is 10.9 Å². The van der Waals surface area contributed by atoms with E-state index in [0.29, 0.717) is 25.8 Å². The van der Waals surface area contributed by atoms with Gasteiger partial charge in [-0.3, -0.25) is 4.79 Å². The van der Waals surface area contributed by atoms with Gasteiger partial charge in [0.1, 0.15) is 6.61 Å². The van der Waals surface area contributed by atoms with Gasteiger partial charge in [0.05, 0.1) is 0 Å². The molecule has 2 N–H and O–H groups in total. The van der Waals surface area contributed by atoms with Crippen molar-refractivity contribution in [2.24, 2.45) is 5.92 Å². The van der Waals surface area contributed by atoms with Crippen molar-refractivity contribution in [2.45, 2.75) is 70.8 Å². The van der Waals surface area contributed by atoms with Crippen LogP contribution in [0.15, 0.2) is 59.5 Å². The van der Waals surface area contributed by atoms with Gasteiger partial charge in [-0.25, -0.2) is 9.59 Å². The number of aromatic nitrogens is 1. The van der Waals surface area contributed by atoms with Crippen molar-refractivity contribution in [3.05, 3.63) is 70.6 Å². The number of hydrogen-bond acceptors (Lipinski definition) is 4. The largest absolute Gasteiger partial charge is 0.465 e. The zero-order valence-electron chi connectivity index (χ0n) is 19.4. The van der Waals surface area contributed by atoms with E-state index in [2.05, 4.69) is 5.32 Å². The molecule has 3 unspecified atom stereocenters. The predicted octanol–water partition coefficient (Wildman–Crippen LogP) is 4.09. The minimum Gasteiger partial charge on any atom is -0.465 e. The third-order valence-corrected chi connectivity index (χ3v) is 6.09. The van der Waals surface area contributed by atoms with Crippen molar-refractivity contribution in [1.82, 2.24) is 14.8 Å². The second-order valence-electron chi connectivity index (χ2n) is 9.55. The first kappa shape index (κ1) is 24.4. The van der Waals surface area contributed by atoms with Gasteiger partial charge in [-0.05, 0) is 57.6 Å². The number of nitrogens with zero attached hydrogens (tertiary/aromatic N) is 2. The van der Waals surface area contributed by atoms with E-state index in [0.717, 1.165) is 5.56 Å². The van der Waals surface area contributed by atoms with Crippen LogP contribution in [-0.2, 0) is 17.9 Å². The first-order valence-corrected chi connectivity index (χ1v) is 11.3. The first-order chi connectivity index (χ1) is 15.6. The number of carboxylic acid groups (broad SMARTS) is 1. The van der Waals surface area contributed by atoms with Gasteiger partial charge in [-0.1, -0.05) is 36.4 Å². The Hall–Kier alpha value is -3.29. The molecule has 1 aliphatic rings. The van der Waals surface area contributed by atoms with Crippen LogP contribution in [0.2, 0.25) is 0 Å². The summed E-state index contributed by atoms with van der Waals surface area (Å²) in [5.74, 6) is -0.127.